The summed E-state index contributed by atoms with van der Waals surface area (Å²) in [7, 11) is 0. The second kappa shape index (κ2) is 17.4. The topological polar surface area (TPSA) is 9.23 Å². The fourth-order valence-electron chi connectivity index (χ4n) is 8.07. The average Bonchev–Trinajstić information content (AvgIpc) is 3.10. The lowest BCUT2D eigenvalue weighted by Crippen LogP contribution is -2.25. The Morgan fingerprint density at radius 2 is 1.19 bits per heavy atom. The Kier molecular flexibility index (Phi) is 13.0. The van der Waals surface area contributed by atoms with Crippen LogP contribution in [0.25, 0.3) is 22.3 Å². The predicted molar refractivity (Wildman–Crippen MR) is 186 cm³/mol. The summed E-state index contributed by atoms with van der Waals surface area (Å²) in [5, 5.41) is 0. The largest absolute Gasteiger partial charge is 0.490 e. The van der Waals surface area contributed by atoms with E-state index in [0.29, 0.717) is 29.2 Å². The second-order valence-corrected chi connectivity index (χ2v) is 14.0. The highest BCUT2D eigenvalue weighted by Gasteiger charge is 2.32. The van der Waals surface area contributed by atoms with Crippen molar-refractivity contribution < 1.29 is 22.3 Å². The summed E-state index contributed by atoms with van der Waals surface area (Å²) < 4.78 is 66.4. The van der Waals surface area contributed by atoms with Crippen LogP contribution in [0.15, 0.2) is 61.2 Å². The van der Waals surface area contributed by atoms with Crippen LogP contribution in [0, 0.1) is 41.0 Å². The lowest BCUT2D eigenvalue weighted by Gasteiger charge is -2.38. The molecule has 3 aromatic carbocycles. The number of allylic oxidation sites excluding steroid dienone is 1. The monoisotopic (exact) mass is 648 g/mol. The van der Waals surface area contributed by atoms with E-state index in [9.17, 15) is 4.39 Å². The van der Waals surface area contributed by atoms with Crippen molar-refractivity contribution in [1.29, 1.82) is 0 Å². The van der Waals surface area contributed by atoms with Gasteiger partial charge in [-0.3, -0.25) is 0 Å². The van der Waals surface area contributed by atoms with Crippen molar-refractivity contribution in [3.05, 3.63) is 90.0 Å². The van der Waals surface area contributed by atoms with E-state index >= 15 is 13.2 Å². The van der Waals surface area contributed by atoms with Gasteiger partial charge in [0, 0.05) is 11.1 Å². The minimum Gasteiger partial charge on any atom is -0.490 e. The van der Waals surface area contributed by atoms with Crippen LogP contribution >= 0.6 is 0 Å². The van der Waals surface area contributed by atoms with E-state index in [2.05, 4.69) is 13.5 Å². The first-order chi connectivity index (χ1) is 22.9. The van der Waals surface area contributed by atoms with Gasteiger partial charge in [-0.1, -0.05) is 94.3 Å². The molecule has 254 valence electrons. The normalized spacial score (nSPS) is 21.5. The summed E-state index contributed by atoms with van der Waals surface area (Å²) in [6, 6.07) is 12.9. The molecule has 0 aliphatic heterocycles. The lowest BCUT2D eigenvalue weighted by molar-refractivity contribution is 0.156. The molecule has 0 atom stereocenters. The smallest absolute Gasteiger partial charge is 0.201 e. The summed E-state index contributed by atoms with van der Waals surface area (Å²) in [4.78, 5) is 0. The van der Waals surface area contributed by atoms with Gasteiger partial charge in [-0.25, -0.2) is 13.2 Å². The molecule has 0 bridgehead atoms. The van der Waals surface area contributed by atoms with Crippen LogP contribution in [-0.4, -0.2) is 6.61 Å². The first-order valence-corrected chi connectivity index (χ1v) is 18.2. The molecule has 0 N–H and O–H groups in total. The highest BCUT2D eigenvalue weighted by Crippen LogP contribution is 2.45. The number of rotatable bonds is 15. The predicted octanol–water partition coefficient (Wildman–Crippen LogP) is 13.4. The summed E-state index contributed by atoms with van der Waals surface area (Å²) in [5.41, 5.74) is 1.69. The number of unbranched alkanes of at least 4 members (excludes halogenated alkanes) is 5. The maximum absolute atomic E-state index is 15.5. The first kappa shape index (κ1) is 35.2. The molecule has 47 heavy (non-hydrogen) atoms. The summed E-state index contributed by atoms with van der Waals surface area (Å²) in [5.74, 6) is -1.35. The zero-order chi connectivity index (χ0) is 33.2. The van der Waals surface area contributed by atoms with Crippen LogP contribution in [0.4, 0.5) is 17.6 Å². The Hall–Kier alpha value is -3.08. The van der Waals surface area contributed by atoms with Gasteiger partial charge < -0.3 is 4.74 Å². The van der Waals surface area contributed by atoms with Crippen molar-refractivity contribution in [1.82, 2.24) is 0 Å². The highest BCUT2D eigenvalue weighted by atomic mass is 19.2. The minimum atomic E-state index is -1.01. The zero-order valence-corrected chi connectivity index (χ0v) is 28.2. The average molecular weight is 649 g/mol. The Bertz CT molecular complexity index is 1430. The first-order valence-electron chi connectivity index (χ1n) is 18.2. The van der Waals surface area contributed by atoms with Crippen molar-refractivity contribution in [3.8, 4) is 28.0 Å². The van der Waals surface area contributed by atoms with Crippen LogP contribution in [0.1, 0.15) is 121 Å². The summed E-state index contributed by atoms with van der Waals surface area (Å²) in [6.07, 6.45) is 20.1. The van der Waals surface area contributed by atoms with Gasteiger partial charge in [-0.2, -0.15) is 4.39 Å². The number of hydrogen-bond donors (Lipinski definition) is 0. The number of hydrogen-bond acceptors (Lipinski definition) is 1. The van der Waals surface area contributed by atoms with E-state index in [4.69, 9.17) is 4.74 Å². The molecule has 0 spiro atoms. The maximum Gasteiger partial charge on any atom is 0.201 e. The summed E-state index contributed by atoms with van der Waals surface area (Å²) in [6.45, 7) is 6.37. The van der Waals surface area contributed by atoms with Crippen molar-refractivity contribution in [2.75, 3.05) is 6.61 Å². The van der Waals surface area contributed by atoms with Crippen molar-refractivity contribution in [3.63, 3.8) is 0 Å². The van der Waals surface area contributed by atoms with Gasteiger partial charge in [0.2, 0.25) is 5.82 Å². The Morgan fingerprint density at radius 3 is 1.81 bits per heavy atom. The highest BCUT2D eigenvalue weighted by molar-refractivity contribution is 5.72. The molecule has 2 aliphatic rings. The molecule has 0 aromatic heterocycles. The van der Waals surface area contributed by atoms with E-state index in [1.807, 2.05) is 6.08 Å². The van der Waals surface area contributed by atoms with E-state index in [1.165, 1.54) is 63.5 Å². The van der Waals surface area contributed by atoms with Crippen molar-refractivity contribution in [2.24, 2.45) is 17.8 Å². The molecule has 2 aliphatic carbocycles. The molecular formula is C42H52F4O. The number of ether oxygens (including phenoxy) is 1. The Morgan fingerprint density at radius 1 is 0.638 bits per heavy atom. The molecule has 1 nitrogen and oxygen atoms in total. The maximum atomic E-state index is 15.5. The minimum absolute atomic E-state index is 0.0386. The van der Waals surface area contributed by atoms with Gasteiger partial charge in [-0.15, -0.1) is 6.58 Å². The van der Waals surface area contributed by atoms with Crippen LogP contribution < -0.4 is 4.74 Å². The molecule has 2 fully saturated rings. The fourth-order valence-corrected chi connectivity index (χ4v) is 8.07. The molecule has 3 aromatic rings. The van der Waals surface area contributed by atoms with E-state index < -0.39 is 23.3 Å². The van der Waals surface area contributed by atoms with Gasteiger partial charge >= 0.3 is 0 Å². The molecule has 0 saturated heterocycles. The zero-order valence-electron chi connectivity index (χ0n) is 28.2. The third kappa shape index (κ3) is 8.89. The van der Waals surface area contributed by atoms with Crippen molar-refractivity contribution in [2.45, 2.75) is 116 Å². The van der Waals surface area contributed by atoms with Crippen molar-refractivity contribution >= 4 is 0 Å². The lowest BCUT2D eigenvalue weighted by atomic mass is 9.68. The molecule has 0 heterocycles. The Labute approximate surface area is 279 Å². The Balaban J connectivity index is 1.17. The standard InChI is InChI=1S/C42H52F4O/c1-3-5-7-8-9-10-28-47-38-27-26-37(41(45)42(38)46)34-22-20-33(21-23-34)36-25-24-35(39(43)40(36)44)32-18-16-31(17-19-32)30-14-12-29(13-15-30)11-6-4-2/h4,20-27,29-32H,2-3,5-19,28H2,1H3. The molecule has 0 unspecified atom stereocenters. The quantitative estimate of drug-likeness (QED) is 0.0905. The second-order valence-electron chi connectivity index (χ2n) is 14.0. The molecule has 2 saturated carbocycles. The van der Waals surface area contributed by atoms with E-state index in [1.54, 1.807) is 36.4 Å². The fraction of sp³-hybridized carbons (Fsp3) is 0.524. The third-order valence-electron chi connectivity index (χ3n) is 11.0. The van der Waals surface area contributed by atoms with Gasteiger partial charge in [0.25, 0.3) is 0 Å². The third-order valence-corrected chi connectivity index (χ3v) is 11.0. The van der Waals surface area contributed by atoms with Crippen LogP contribution in [-0.2, 0) is 0 Å². The molecular weight excluding hydrogens is 596 g/mol. The number of halogens is 4. The van der Waals surface area contributed by atoms with E-state index in [-0.39, 0.29) is 22.8 Å². The van der Waals surface area contributed by atoms with Gasteiger partial charge in [0.1, 0.15) is 0 Å². The molecule has 5 rings (SSSR count). The summed E-state index contributed by atoms with van der Waals surface area (Å²) >= 11 is 0. The van der Waals surface area contributed by atoms with E-state index in [0.717, 1.165) is 63.2 Å². The SMILES string of the molecule is C=CCCC1CCC(C2CCC(c3ccc(-c4ccc(-c5ccc(OCCCCCCCC)c(F)c5F)cc4)c(F)c3F)CC2)CC1. The molecule has 5 heteroatoms. The van der Waals surface area contributed by atoms with Crippen LogP contribution in [0.3, 0.4) is 0 Å². The molecule has 0 radical (unpaired) electrons. The van der Waals surface area contributed by atoms with Gasteiger partial charge in [0.15, 0.2) is 23.2 Å². The molecule has 0 amide bonds. The van der Waals surface area contributed by atoms with Gasteiger partial charge in [0.05, 0.1) is 6.61 Å². The van der Waals surface area contributed by atoms with Crippen LogP contribution in [0.2, 0.25) is 0 Å². The van der Waals surface area contributed by atoms with Gasteiger partial charge in [-0.05, 0) is 110 Å². The number of benzene rings is 3. The van der Waals surface area contributed by atoms with Crippen LogP contribution in [0.5, 0.6) is 5.75 Å².